The summed E-state index contributed by atoms with van der Waals surface area (Å²) in [7, 11) is 0. The van der Waals surface area contributed by atoms with Crippen LogP contribution in [0.15, 0.2) is 71.9 Å². The molecule has 0 amide bonds. The summed E-state index contributed by atoms with van der Waals surface area (Å²) in [4.78, 5) is 33.6. The number of fused-ring (bicyclic) bond motifs is 1. The molecule has 1 aliphatic rings. The number of H-pyrrole nitrogens is 1. The van der Waals surface area contributed by atoms with Crippen LogP contribution in [0.3, 0.4) is 0 Å². The fourth-order valence-electron chi connectivity index (χ4n) is 6.47. The zero-order valence-corrected chi connectivity index (χ0v) is 23.5. The van der Waals surface area contributed by atoms with Crippen molar-refractivity contribution < 1.29 is 9.90 Å². The van der Waals surface area contributed by atoms with Gasteiger partial charge < -0.3 is 10.1 Å². The molecular weight excluding hydrogens is 528 g/mol. The van der Waals surface area contributed by atoms with E-state index in [0.29, 0.717) is 35.3 Å². The van der Waals surface area contributed by atoms with Crippen LogP contribution in [0, 0.1) is 11.3 Å². The Morgan fingerprint density at radius 2 is 1.90 bits per heavy atom. The predicted octanol–water partition coefficient (Wildman–Crippen LogP) is 5.90. The van der Waals surface area contributed by atoms with Gasteiger partial charge in [0.2, 0.25) is 5.78 Å². The lowest BCUT2D eigenvalue weighted by molar-refractivity contribution is 0.0694. The second-order valence-corrected chi connectivity index (χ2v) is 11.0. The zero-order chi connectivity index (χ0) is 29.2. The molecule has 3 heterocycles. The quantitative estimate of drug-likeness (QED) is 0.243. The van der Waals surface area contributed by atoms with Crippen LogP contribution < -0.4 is 5.56 Å². The highest BCUT2D eigenvalue weighted by atomic mass is 16.4. The van der Waals surface area contributed by atoms with E-state index in [1.165, 1.54) is 6.33 Å². The summed E-state index contributed by atoms with van der Waals surface area (Å²) >= 11 is 0. The number of aromatic carboxylic acids is 1. The molecule has 42 heavy (non-hydrogen) atoms. The maximum absolute atomic E-state index is 14.3. The number of carboxylic acid groups (broad SMARTS) is 1. The number of hydrogen-bond donors (Lipinski definition) is 2. The Morgan fingerprint density at radius 1 is 1.12 bits per heavy atom. The number of nitrogens with zero attached hydrogens (tertiary/aromatic N) is 5. The minimum atomic E-state index is -0.928. The molecule has 0 bridgehead atoms. The Morgan fingerprint density at radius 3 is 2.62 bits per heavy atom. The van der Waals surface area contributed by atoms with Crippen LogP contribution in [0.4, 0.5) is 0 Å². The third-order valence-corrected chi connectivity index (χ3v) is 8.46. The Balaban J connectivity index is 1.37. The van der Waals surface area contributed by atoms with E-state index in [1.54, 1.807) is 16.8 Å². The number of nitriles is 1. The predicted molar refractivity (Wildman–Crippen MR) is 159 cm³/mol. The van der Waals surface area contributed by atoms with Gasteiger partial charge in [0.25, 0.3) is 5.56 Å². The molecule has 1 fully saturated rings. The average Bonchev–Trinajstić information content (AvgIpc) is 3.70. The van der Waals surface area contributed by atoms with Gasteiger partial charge in [0, 0.05) is 35.8 Å². The van der Waals surface area contributed by atoms with Crippen molar-refractivity contribution in [3.8, 4) is 17.2 Å². The molecule has 3 aromatic heterocycles. The summed E-state index contributed by atoms with van der Waals surface area (Å²) < 4.78 is 3.61. The van der Waals surface area contributed by atoms with Crippen LogP contribution in [0.1, 0.15) is 89.4 Å². The molecule has 2 aromatic carbocycles. The van der Waals surface area contributed by atoms with Gasteiger partial charge in [0.1, 0.15) is 6.33 Å². The van der Waals surface area contributed by atoms with Crippen molar-refractivity contribution in [3.05, 3.63) is 111 Å². The number of carbonyl (C=O) groups is 1. The Hall–Kier alpha value is -4.97. The normalized spacial score (nSPS) is 16.9. The molecule has 1 saturated carbocycles. The molecule has 212 valence electrons. The minimum Gasteiger partial charge on any atom is -0.478 e. The van der Waals surface area contributed by atoms with Gasteiger partial charge in [0.15, 0.2) is 0 Å². The number of benzene rings is 2. The first-order valence-electron chi connectivity index (χ1n) is 14.4. The highest BCUT2D eigenvalue weighted by Crippen LogP contribution is 2.39. The van der Waals surface area contributed by atoms with Gasteiger partial charge in [-0.2, -0.15) is 15.3 Å². The van der Waals surface area contributed by atoms with Gasteiger partial charge >= 0.3 is 5.97 Å². The lowest BCUT2D eigenvalue weighted by Crippen LogP contribution is -2.34. The number of aromatic nitrogens is 5. The third kappa shape index (κ3) is 4.90. The zero-order valence-electron chi connectivity index (χ0n) is 23.5. The van der Waals surface area contributed by atoms with E-state index in [2.05, 4.69) is 28.1 Å². The lowest BCUT2D eigenvalue weighted by atomic mass is 9.82. The number of nitrogens with one attached hydrogen (secondary N) is 1. The van der Waals surface area contributed by atoms with Crippen LogP contribution in [-0.4, -0.2) is 35.2 Å². The highest BCUT2D eigenvalue weighted by Gasteiger charge is 2.30. The fourth-order valence-corrected chi connectivity index (χ4v) is 6.47. The van der Waals surface area contributed by atoms with Crippen molar-refractivity contribution in [1.82, 2.24) is 24.1 Å². The molecular formula is C33H32N6O3. The molecule has 0 unspecified atom stereocenters. The molecule has 9 nitrogen and oxygen atoms in total. The van der Waals surface area contributed by atoms with Crippen LogP contribution >= 0.6 is 0 Å². The van der Waals surface area contributed by atoms with Crippen LogP contribution in [0.25, 0.3) is 16.9 Å². The first kappa shape index (κ1) is 27.2. The van der Waals surface area contributed by atoms with E-state index in [0.717, 1.165) is 60.2 Å². The van der Waals surface area contributed by atoms with Crippen molar-refractivity contribution in [2.75, 3.05) is 0 Å². The lowest BCUT2D eigenvalue weighted by Gasteiger charge is -2.30. The number of rotatable bonds is 8. The van der Waals surface area contributed by atoms with Crippen LogP contribution in [-0.2, 0) is 12.8 Å². The molecule has 1 aliphatic carbocycles. The summed E-state index contributed by atoms with van der Waals surface area (Å²) in [6.07, 6.45) is 8.05. The Bertz CT molecular complexity index is 1850. The average molecular weight is 561 g/mol. The number of carboxylic acids is 1. The second kappa shape index (κ2) is 11.5. The van der Waals surface area contributed by atoms with Gasteiger partial charge in [-0.15, -0.1) is 0 Å². The summed E-state index contributed by atoms with van der Waals surface area (Å²) in [5.41, 5.74) is 5.83. The summed E-state index contributed by atoms with van der Waals surface area (Å²) in [5, 5.41) is 24.1. The van der Waals surface area contributed by atoms with Crippen molar-refractivity contribution in [2.24, 2.45) is 0 Å². The first-order chi connectivity index (χ1) is 20.5. The van der Waals surface area contributed by atoms with E-state index in [9.17, 15) is 20.0 Å². The van der Waals surface area contributed by atoms with Gasteiger partial charge in [-0.1, -0.05) is 55.8 Å². The van der Waals surface area contributed by atoms with Crippen molar-refractivity contribution in [1.29, 1.82) is 5.26 Å². The van der Waals surface area contributed by atoms with E-state index in [4.69, 9.17) is 0 Å². The van der Waals surface area contributed by atoms with Crippen LogP contribution in [0.2, 0.25) is 0 Å². The van der Waals surface area contributed by atoms with E-state index in [1.807, 2.05) is 53.0 Å². The topological polar surface area (TPSA) is 129 Å². The summed E-state index contributed by atoms with van der Waals surface area (Å²) in [6.45, 7) is 2.08. The standard InChI is InChI=1S/C33H32N6O3/c1-2-6-29-28(18-21-9-14-26(24(17-21)19-34)22-7-4-3-5-8-22)31(40)38(33-36-20-37-39(29)33)25-12-10-23(11-13-25)30-27(32(41)42)15-16-35-30/h3-5,7-9,14-17,20,23,25,35H,2,6,10-13,18H2,1H3,(H,41,42). The molecule has 5 aromatic rings. The number of aryl methyl sites for hydroxylation is 1. The van der Waals surface area contributed by atoms with Crippen molar-refractivity contribution >= 4 is 11.7 Å². The first-order valence-corrected chi connectivity index (χ1v) is 14.4. The smallest absolute Gasteiger partial charge is 0.337 e. The maximum atomic E-state index is 14.3. The molecule has 9 heteroatoms. The van der Waals surface area contributed by atoms with Gasteiger partial charge in [0.05, 0.1) is 22.9 Å². The monoisotopic (exact) mass is 560 g/mol. The second-order valence-electron chi connectivity index (χ2n) is 11.0. The maximum Gasteiger partial charge on any atom is 0.337 e. The summed E-state index contributed by atoms with van der Waals surface area (Å²) in [6, 6.07) is 19.5. The molecule has 0 saturated heterocycles. The molecule has 6 rings (SSSR count). The van der Waals surface area contributed by atoms with Crippen molar-refractivity contribution in [2.45, 2.75) is 63.8 Å². The Kier molecular flexibility index (Phi) is 7.44. The third-order valence-electron chi connectivity index (χ3n) is 8.46. The molecule has 0 atom stereocenters. The fraction of sp³-hybridized carbons (Fsp3) is 0.303. The molecule has 2 N–H and O–H groups in total. The largest absolute Gasteiger partial charge is 0.478 e. The van der Waals surface area contributed by atoms with Gasteiger partial charge in [-0.3, -0.25) is 9.36 Å². The van der Waals surface area contributed by atoms with Gasteiger partial charge in [-0.25, -0.2) is 9.31 Å². The molecule has 0 radical (unpaired) electrons. The number of hydrogen-bond acceptors (Lipinski definition) is 5. The molecule has 0 aliphatic heterocycles. The SMILES string of the molecule is CCCc1c(Cc2ccc(-c3ccccc3)c(C#N)c2)c(=O)n(C2CCC(c3[nH]ccc3C(=O)O)CC2)c2ncnn12. The highest BCUT2D eigenvalue weighted by molar-refractivity contribution is 5.89. The number of aromatic amines is 1. The summed E-state index contributed by atoms with van der Waals surface area (Å²) in [5.74, 6) is -0.292. The van der Waals surface area contributed by atoms with E-state index < -0.39 is 5.97 Å². The van der Waals surface area contributed by atoms with Crippen LogP contribution in [0.5, 0.6) is 0 Å². The van der Waals surface area contributed by atoms with Crippen molar-refractivity contribution in [3.63, 3.8) is 0 Å². The Labute approximate surface area is 243 Å². The minimum absolute atomic E-state index is 0.0702. The van der Waals surface area contributed by atoms with E-state index >= 15 is 0 Å². The van der Waals surface area contributed by atoms with E-state index in [-0.39, 0.29) is 17.5 Å². The molecule has 0 spiro atoms. The van der Waals surface area contributed by atoms with Gasteiger partial charge in [-0.05, 0) is 60.9 Å².